The topological polar surface area (TPSA) is 103 Å². The van der Waals surface area contributed by atoms with E-state index in [0.717, 1.165) is 10.5 Å². The van der Waals surface area contributed by atoms with Crippen LogP contribution in [-0.2, 0) is 4.79 Å². The molecule has 2 amide bonds. The fourth-order valence-corrected chi connectivity index (χ4v) is 4.56. The molecule has 0 fully saturated rings. The largest absolute Gasteiger partial charge is 0.496 e. The Bertz CT molecular complexity index is 1320. The molecule has 1 unspecified atom stereocenters. The summed E-state index contributed by atoms with van der Waals surface area (Å²) in [7, 11) is 3.00. The first-order valence-electron chi connectivity index (χ1n) is 11.1. The Morgan fingerprint density at radius 1 is 0.889 bits per heavy atom. The van der Waals surface area contributed by atoms with E-state index in [9.17, 15) is 9.59 Å². The highest BCUT2D eigenvalue weighted by Gasteiger charge is 2.23. The molecule has 0 spiro atoms. The minimum absolute atomic E-state index is 0.222. The highest BCUT2D eigenvalue weighted by atomic mass is 32.2. The van der Waals surface area contributed by atoms with Crippen LogP contribution in [0.1, 0.15) is 26.9 Å². The predicted octanol–water partition coefficient (Wildman–Crippen LogP) is 5.72. The molecule has 0 saturated carbocycles. The molecule has 36 heavy (non-hydrogen) atoms. The van der Waals surface area contributed by atoms with Crippen molar-refractivity contribution < 1.29 is 23.6 Å². The molecule has 9 heteroatoms. The van der Waals surface area contributed by atoms with Gasteiger partial charge in [-0.2, -0.15) is 0 Å². The van der Waals surface area contributed by atoms with E-state index in [0.29, 0.717) is 34.3 Å². The van der Waals surface area contributed by atoms with Crippen LogP contribution in [0.3, 0.4) is 0 Å². The van der Waals surface area contributed by atoms with Crippen molar-refractivity contribution in [2.24, 2.45) is 0 Å². The maximum Gasteiger partial charge on any atom is 0.263 e. The molecule has 0 aliphatic rings. The number of nitrogens with zero attached hydrogens (tertiary/aromatic N) is 1. The Labute approximate surface area is 213 Å². The van der Waals surface area contributed by atoms with Gasteiger partial charge in [0.05, 0.1) is 14.2 Å². The monoisotopic (exact) mass is 503 g/mol. The van der Waals surface area contributed by atoms with Crippen LogP contribution < -0.4 is 20.1 Å². The second-order valence-corrected chi connectivity index (χ2v) is 8.92. The van der Waals surface area contributed by atoms with Gasteiger partial charge in [-0.25, -0.2) is 0 Å². The summed E-state index contributed by atoms with van der Waals surface area (Å²) < 4.78 is 15.7. The van der Waals surface area contributed by atoms with Crippen molar-refractivity contribution in [3.8, 4) is 11.5 Å². The lowest BCUT2D eigenvalue weighted by Gasteiger charge is -2.17. The number of carbonyl (C=O) groups is 2. The SMILES string of the molecule is COc1cccc(OC)c1C(=O)Nc1ccc(SC(C(=O)Nc2cc(C)on2)c2ccccc2)cc1. The van der Waals surface area contributed by atoms with Crippen molar-refractivity contribution in [1.29, 1.82) is 0 Å². The van der Waals surface area contributed by atoms with Crippen molar-refractivity contribution >= 4 is 35.1 Å². The molecule has 0 radical (unpaired) electrons. The Morgan fingerprint density at radius 2 is 1.56 bits per heavy atom. The number of aryl methyl sites for hydroxylation is 1. The molecule has 0 bridgehead atoms. The number of methoxy groups -OCH3 is 2. The van der Waals surface area contributed by atoms with Crippen LogP contribution in [0.4, 0.5) is 11.5 Å². The van der Waals surface area contributed by atoms with E-state index in [1.807, 2.05) is 42.5 Å². The smallest absolute Gasteiger partial charge is 0.263 e. The highest BCUT2D eigenvalue weighted by Crippen LogP contribution is 2.37. The number of thioether (sulfide) groups is 1. The van der Waals surface area contributed by atoms with Gasteiger partial charge < -0.3 is 24.6 Å². The van der Waals surface area contributed by atoms with Gasteiger partial charge in [0.2, 0.25) is 5.91 Å². The number of aromatic nitrogens is 1. The lowest BCUT2D eigenvalue weighted by atomic mass is 10.1. The third kappa shape index (κ3) is 5.87. The van der Waals surface area contributed by atoms with E-state index in [2.05, 4.69) is 15.8 Å². The van der Waals surface area contributed by atoms with Crippen LogP contribution in [0.15, 0.2) is 88.3 Å². The molecular weight excluding hydrogens is 478 g/mol. The first-order valence-corrected chi connectivity index (χ1v) is 11.9. The van der Waals surface area contributed by atoms with Crippen LogP contribution in [-0.4, -0.2) is 31.2 Å². The van der Waals surface area contributed by atoms with Gasteiger partial charge in [0.15, 0.2) is 5.82 Å². The van der Waals surface area contributed by atoms with Crippen LogP contribution >= 0.6 is 11.8 Å². The zero-order valence-electron chi connectivity index (χ0n) is 20.0. The average molecular weight is 504 g/mol. The van der Waals surface area contributed by atoms with Gasteiger partial charge in [-0.15, -0.1) is 11.8 Å². The number of rotatable bonds is 9. The zero-order chi connectivity index (χ0) is 25.5. The van der Waals surface area contributed by atoms with Crippen LogP contribution in [0.5, 0.6) is 11.5 Å². The maximum atomic E-state index is 13.1. The number of amides is 2. The minimum Gasteiger partial charge on any atom is -0.496 e. The van der Waals surface area contributed by atoms with E-state index >= 15 is 0 Å². The van der Waals surface area contributed by atoms with E-state index in [1.54, 1.807) is 43.3 Å². The lowest BCUT2D eigenvalue weighted by Crippen LogP contribution is -2.19. The third-order valence-electron chi connectivity index (χ3n) is 5.24. The van der Waals surface area contributed by atoms with Crippen molar-refractivity contribution in [3.63, 3.8) is 0 Å². The van der Waals surface area contributed by atoms with Gasteiger partial charge in [-0.05, 0) is 48.9 Å². The Morgan fingerprint density at radius 3 is 2.14 bits per heavy atom. The number of carbonyl (C=O) groups excluding carboxylic acids is 2. The normalized spacial score (nSPS) is 11.4. The van der Waals surface area contributed by atoms with E-state index in [-0.39, 0.29) is 11.8 Å². The molecule has 0 saturated heterocycles. The summed E-state index contributed by atoms with van der Waals surface area (Å²) in [5.74, 6) is 1.23. The molecule has 1 atom stereocenters. The summed E-state index contributed by atoms with van der Waals surface area (Å²) in [6.07, 6.45) is 0. The fraction of sp³-hybridized carbons (Fsp3) is 0.148. The van der Waals surface area contributed by atoms with Crippen LogP contribution in [0.2, 0.25) is 0 Å². The summed E-state index contributed by atoms with van der Waals surface area (Å²) in [6.45, 7) is 1.76. The van der Waals surface area contributed by atoms with E-state index in [1.165, 1.54) is 26.0 Å². The summed E-state index contributed by atoms with van der Waals surface area (Å²) in [5, 5.41) is 9.01. The minimum atomic E-state index is -0.526. The first kappa shape index (κ1) is 24.9. The summed E-state index contributed by atoms with van der Waals surface area (Å²) in [6, 6.07) is 23.6. The Hall–Kier alpha value is -4.24. The lowest BCUT2D eigenvalue weighted by molar-refractivity contribution is -0.115. The average Bonchev–Trinajstić information content (AvgIpc) is 3.32. The summed E-state index contributed by atoms with van der Waals surface area (Å²) in [5.41, 5.74) is 1.75. The molecule has 4 aromatic rings. The van der Waals surface area contributed by atoms with Crippen molar-refractivity contribution in [1.82, 2.24) is 5.16 Å². The van der Waals surface area contributed by atoms with Crippen molar-refractivity contribution in [2.45, 2.75) is 17.1 Å². The van der Waals surface area contributed by atoms with Gasteiger partial charge in [-0.3, -0.25) is 9.59 Å². The Balaban J connectivity index is 1.50. The second-order valence-electron chi connectivity index (χ2n) is 7.74. The van der Waals surface area contributed by atoms with Crippen molar-refractivity contribution in [2.75, 3.05) is 24.9 Å². The number of anilines is 2. The number of benzene rings is 3. The van der Waals surface area contributed by atoms with Gasteiger partial charge in [0, 0.05) is 16.6 Å². The van der Waals surface area contributed by atoms with E-state index < -0.39 is 5.25 Å². The fourth-order valence-electron chi connectivity index (χ4n) is 3.54. The first-order chi connectivity index (χ1) is 17.5. The molecule has 1 aromatic heterocycles. The Kier molecular flexibility index (Phi) is 7.92. The number of hydrogen-bond acceptors (Lipinski definition) is 7. The van der Waals surface area contributed by atoms with Gasteiger partial charge in [-0.1, -0.05) is 41.6 Å². The molecule has 184 valence electrons. The molecule has 0 aliphatic carbocycles. The van der Waals surface area contributed by atoms with E-state index in [4.69, 9.17) is 14.0 Å². The maximum absolute atomic E-state index is 13.1. The number of nitrogens with one attached hydrogen (secondary N) is 2. The summed E-state index contributed by atoms with van der Waals surface area (Å²) in [4.78, 5) is 26.9. The standard InChI is InChI=1S/C27H25N3O5S/c1-17-16-23(30-35-17)29-27(32)25(18-8-5-4-6-9-18)36-20-14-12-19(13-15-20)28-26(31)24-21(33-2)10-7-11-22(24)34-3/h4-16,25H,1-3H3,(H,28,31)(H,29,30,32). The predicted molar refractivity (Wildman–Crippen MR) is 139 cm³/mol. The third-order valence-corrected chi connectivity index (χ3v) is 6.51. The van der Waals surface area contributed by atoms with Gasteiger partial charge in [0.1, 0.15) is 28.1 Å². The quantitative estimate of drug-likeness (QED) is 0.281. The number of hydrogen-bond donors (Lipinski definition) is 2. The molecule has 4 rings (SSSR count). The second kappa shape index (κ2) is 11.5. The summed E-state index contributed by atoms with van der Waals surface area (Å²) >= 11 is 1.39. The molecule has 3 aromatic carbocycles. The molecular formula is C27H25N3O5S. The van der Waals surface area contributed by atoms with Crippen LogP contribution in [0.25, 0.3) is 0 Å². The van der Waals surface area contributed by atoms with Crippen LogP contribution in [0, 0.1) is 6.92 Å². The molecule has 1 heterocycles. The highest BCUT2D eigenvalue weighted by molar-refractivity contribution is 8.00. The molecule has 0 aliphatic heterocycles. The molecule has 2 N–H and O–H groups in total. The molecule has 8 nitrogen and oxygen atoms in total. The van der Waals surface area contributed by atoms with Gasteiger partial charge >= 0.3 is 0 Å². The number of ether oxygens (including phenoxy) is 2. The van der Waals surface area contributed by atoms with Crippen molar-refractivity contribution in [3.05, 3.63) is 95.7 Å². The van der Waals surface area contributed by atoms with Gasteiger partial charge in [0.25, 0.3) is 5.91 Å². The zero-order valence-corrected chi connectivity index (χ0v) is 20.8.